The van der Waals surface area contributed by atoms with Crippen molar-refractivity contribution in [2.75, 3.05) is 0 Å². The predicted molar refractivity (Wildman–Crippen MR) is 102 cm³/mol. The number of carbonyl (C=O) groups excluding carboxylic acids is 1. The number of benzene rings is 1. The zero-order valence-corrected chi connectivity index (χ0v) is 15.4. The average molecular weight is 348 g/mol. The fourth-order valence-corrected chi connectivity index (χ4v) is 3.08. The highest BCUT2D eigenvalue weighted by molar-refractivity contribution is 5.77. The van der Waals surface area contributed by atoms with Crippen LogP contribution in [0.1, 0.15) is 40.4 Å². The summed E-state index contributed by atoms with van der Waals surface area (Å²) in [6.07, 6.45) is 6.39. The van der Waals surface area contributed by atoms with Crippen LogP contribution >= 0.6 is 0 Å². The summed E-state index contributed by atoms with van der Waals surface area (Å²) in [5, 5.41) is 7.34. The predicted octanol–water partition coefficient (Wildman–Crippen LogP) is 3.27. The molecule has 3 rings (SSSR count). The molecule has 1 atom stereocenters. The van der Waals surface area contributed by atoms with Crippen molar-refractivity contribution in [3.63, 3.8) is 0 Å². The molecule has 0 bridgehead atoms. The molecule has 5 heteroatoms. The standard InChI is InChI=1S/C21H24N4O/c1-15-6-7-16(2)19(13-15)21(17-5-4-11-22-14-17)24-20(26)9-8-18-10-12-23-25(18)3/h4-7,10-14,21H,8-9H2,1-3H3,(H,24,26)/t21-/m1/s1. The van der Waals surface area contributed by atoms with Gasteiger partial charge in [-0.1, -0.05) is 29.8 Å². The summed E-state index contributed by atoms with van der Waals surface area (Å²) in [6, 6.07) is 11.9. The van der Waals surface area contributed by atoms with Crippen molar-refractivity contribution < 1.29 is 4.79 Å². The van der Waals surface area contributed by atoms with Crippen molar-refractivity contribution in [1.82, 2.24) is 20.1 Å². The van der Waals surface area contributed by atoms with Crippen molar-refractivity contribution >= 4 is 5.91 Å². The van der Waals surface area contributed by atoms with E-state index in [0.717, 1.165) is 22.4 Å². The zero-order valence-electron chi connectivity index (χ0n) is 15.4. The molecule has 1 N–H and O–H groups in total. The molecule has 26 heavy (non-hydrogen) atoms. The Hall–Kier alpha value is -2.95. The van der Waals surface area contributed by atoms with Gasteiger partial charge in [0.1, 0.15) is 0 Å². The van der Waals surface area contributed by atoms with E-state index in [4.69, 9.17) is 0 Å². The molecule has 0 aliphatic heterocycles. The van der Waals surface area contributed by atoms with Crippen LogP contribution in [0.15, 0.2) is 55.0 Å². The minimum atomic E-state index is -0.206. The molecule has 0 aliphatic rings. The lowest BCUT2D eigenvalue weighted by atomic mass is 9.94. The molecular formula is C21H24N4O. The molecule has 0 fully saturated rings. The van der Waals surface area contributed by atoms with Gasteiger partial charge in [0.25, 0.3) is 0 Å². The lowest BCUT2D eigenvalue weighted by molar-refractivity contribution is -0.121. The van der Waals surface area contributed by atoms with Crippen molar-refractivity contribution in [3.05, 3.63) is 82.9 Å². The number of hydrogen-bond acceptors (Lipinski definition) is 3. The second kappa shape index (κ2) is 7.95. The number of nitrogens with one attached hydrogen (secondary N) is 1. The highest BCUT2D eigenvalue weighted by atomic mass is 16.1. The molecule has 2 heterocycles. The summed E-state index contributed by atoms with van der Waals surface area (Å²) in [7, 11) is 1.89. The van der Waals surface area contributed by atoms with Gasteiger partial charge in [-0.25, -0.2) is 0 Å². The molecule has 0 radical (unpaired) electrons. The fourth-order valence-electron chi connectivity index (χ4n) is 3.08. The molecule has 3 aromatic rings. The first-order valence-corrected chi connectivity index (χ1v) is 8.78. The van der Waals surface area contributed by atoms with Gasteiger partial charge in [0.2, 0.25) is 5.91 Å². The summed E-state index contributed by atoms with van der Waals surface area (Å²) >= 11 is 0. The van der Waals surface area contributed by atoms with Crippen LogP contribution in [0.2, 0.25) is 0 Å². The number of carbonyl (C=O) groups is 1. The summed E-state index contributed by atoms with van der Waals surface area (Å²) in [4.78, 5) is 16.9. The van der Waals surface area contributed by atoms with Crippen LogP contribution in [0.5, 0.6) is 0 Å². The normalized spacial score (nSPS) is 12.0. The van der Waals surface area contributed by atoms with E-state index in [-0.39, 0.29) is 11.9 Å². The van der Waals surface area contributed by atoms with Gasteiger partial charge in [-0.05, 0) is 49.1 Å². The van der Waals surface area contributed by atoms with E-state index in [1.807, 2.05) is 31.4 Å². The van der Waals surface area contributed by atoms with Gasteiger partial charge in [0.05, 0.1) is 6.04 Å². The van der Waals surface area contributed by atoms with Crippen LogP contribution in [0.4, 0.5) is 0 Å². The Morgan fingerprint density at radius 2 is 2.04 bits per heavy atom. The van der Waals surface area contributed by atoms with E-state index < -0.39 is 0 Å². The number of pyridine rings is 1. The highest BCUT2D eigenvalue weighted by Gasteiger charge is 2.19. The van der Waals surface area contributed by atoms with Gasteiger partial charge in [-0.2, -0.15) is 5.10 Å². The molecule has 0 aliphatic carbocycles. The van der Waals surface area contributed by atoms with Crippen LogP contribution in [0.3, 0.4) is 0 Å². The van der Waals surface area contributed by atoms with Crippen LogP contribution in [0.25, 0.3) is 0 Å². The van der Waals surface area contributed by atoms with E-state index in [0.29, 0.717) is 12.8 Å². The quantitative estimate of drug-likeness (QED) is 0.744. The van der Waals surface area contributed by atoms with E-state index in [2.05, 4.69) is 47.4 Å². The van der Waals surface area contributed by atoms with E-state index in [9.17, 15) is 4.79 Å². The van der Waals surface area contributed by atoms with Crippen LogP contribution in [-0.2, 0) is 18.3 Å². The first kappa shape index (κ1) is 17.9. The number of rotatable bonds is 6. The zero-order chi connectivity index (χ0) is 18.5. The van der Waals surface area contributed by atoms with Gasteiger partial charge in [-0.15, -0.1) is 0 Å². The van der Waals surface area contributed by atoms with E-state index in [1.165, 1.54) is 5.56 Å². The van der Waals surface area contributed by atoms with Crippen molar-refractivity contribution in [2.24, 2.45) is 7.05 Å². The maximum atomic E-state index is 12.6. The minimum Gasteiger partial charge on any atom is -0.345 e. The highest BCUT2D eigenvalue weighted by Crippen LogP contribution is 2.25. The van der Waals surface area contributed by atoms with Gasteiger partial charge in [0, 0.05) is 37.8 Å². The van der Waals surface area contributed by atoms with Gasteiger partial charge in [0.15, 0.2) is 0 Å². The Labute approximate surface area is 154 Å². The minimum absolute atomic E-state index is 0.0148. The third-order valence-corrected chi connectivity index (χ3v) is 4.60. The summed E-state index contributed by atoms with van der Waals surface area (Å²) in [5.41, 5.74) is 5.45. The van der Waals surface area contributed by atoms with Gasteiger partial charge in [-0.3, -0.25) is 14.5 Å². The Morgan fingerprint density at radius 3 is 2.73 bits per heavy atom. The lowest BCUT2D eigenvalue weighted by Crippen LogP contribution is -2.30. The summed E-state index contributed by atoms with van der Waals surface area (Å²) in [5.74, 6) is 0.0148. The number of hydrogen-bond donors (Lipinski definition) is 1. The largest absolute Gasteiger partial charge is 0.345 e. The molecule has 0 saturated heterocycles. The Morgan fingerprint density at radius 1 is 1.19 bits per heavy atom. The molecule has 0 saturated carbocycles. The van der Waals surface area contributed by atoms with Crippen molar-refractivity contribution in [3.8, 4) is 0 Å². The summed E-state index contributed by atoms with van der Waals surface area (Å²) in [6.45, 7) is 4.13. The molecule has 2 aromatic heterocycles. The second-order valence-corrected chi connectivity index (χ2v) is 6.59. The second-order valence-electron chi connectivity index (χ2n) is 6.59. The van der Waals surface area contributed by atoms with Gasteiger partial charge < -0.3 is 5.32 Å². The van der Waals surface area contributed by atoms with Crippen LogP contribution in [-0.4, -0.2) is 20.7 Å². The first-order valence-electron chi connectivity index (χ1n) is 8.78. The molecular weight excluding hydrogens is 324 g/mol. The number of amides is 1. The Balaban J connectivity index is 1.81. The molecule has 5 nitrogen and oxygen atoms in total. The maximum absolute atomic E-state index is 12.6. The Kier molecular flexibility index (Phi) is 5.46. The summed E-state index contributed by atoms with van der Waals surface area (Å²) < 4.78 is 1.80. The smallest absolute Gasteiger partial charge is 0.221 e. The third kappa shape index (κ3) is 4.17. The fraction of sp³-hybridized carbons (Fsp3) is 0.286. The molecule has 0 unspecified atom stereocenters. The third-order valence-electron chi connectivity index (χ3n) is 4.60. The van der Waals surface area contributed by atoms with E-state index >= 15 is 0 Å². The number of nitrogens with zero attached hydrogens (tertiary/aromatic N) is 3. The number of aryl methyl sites for hydroxylation is 4. The van der Waals surface area contributed by atoms with Crippen molar-refractivity contribution in [2.45, 2.75) is 32.7 Å². The van der Waals surface area contributed by atoms with E-state index in [1.54, 1.807) is 17.1 Å². The molecule has 1 aromatic carbocycles. The maximum Gasteiger partial charge on any atom is 0.221 e. The molecule has 0 spiro atoms. The van der Waals surface area contributed by atoms with Crippen LogP contribution in [0, 0.1) is 13.8 Å². The monoisotopic (exact) mass is 348 g/mol. The number of aromatic nitrogens is 3. The first-order chi connectivity index (χ1) is 12.5. The van der Waals surface area contributed by atoms with Crippen LogP contribution < -0.4 is 5.32 Å². The Bertz CT molecular complexity index is 886. The SMILES string of the molecule is Cc1ccc(C)c([C@H](NC(=O)CCc2ccnn2C)c2cccnc2)c1. The molecule has 1 amide bonds. The topological polar surface area (TPSA) is 59.8 Å². The van der Waals surface area contributed by atoms with Crippen molar-refractivity contribution in [1.29, 1.82) is 0 Å². The average Bonchev–Trinajstić information content (AvgIpc) is 3.06. The molecule has 134 valence electrons. The van der Waals surface area contributed by atoms with Gasteiger partial charge >= 0.3 is 0 Å². The lowest BCUT2D eigenvalue weighted by Gasteiger charge is -2.22.